The Morgan fingerprint density at radius 3 is 2.48 bits per heavy atom. The first-order valence-electron chi connectivity index (χ1n) is 12.0. The second-order valence-electron chi connectivity index (χ2n) is 8.75. The molecular formula is C29H32N2O2. The first kappa shape index (κ1) is 22.9. The SMILES string of the molecule is CC#CCn1cc(-c2ccccc2)nc1C1CCCCC(C(=O)OCc2ccccc2)CC1. The number of hydrogen-bond donors (Lipinski definition) is 0. The van der Waals surface area contributed by atoms with Crippen LogP contribution in [-0.4, -0.2) is 15.5 Å². The maximum Gasteiger partial charge on any atom is 0.309 e. The van der Waals surface area contributed by atoms with E-state index in [4.69, 9.17) is 9.72 Å². The fraction of sp³-hybridized carbons (Fsp3) is 0.379. The minimum absolute atomic E-state index is 0.0380. The average molecular weight is 441 g/mol. The Kier molecular flexibility index (Phi) is 7.98. The van der Waals surface area contributed by atoms with Crippen LogP contribution in [0.25, 0.3) is 11.3 Å². The van der Waals surface area contributed by atoms with Crippen molar-refractivity contribution in [3.05, 3.63) is 78.2 Å². The molecule has 0 bridgehead atoms. The predicted molar refractivity (Wildman–Crippen MR) is 131 cm³/mol. The zero-order valence-electron chi connectivity index (χ0n) is 19.4. The van der Waals surface area contributed by atoms with E-state index in [2.05, 4.69) is 34.7 Å². The fourth-order valence-corrected chi connectivity index (χ4v) is 4.61. The summed E-state index contributed by atoms with van der Waals surface area (Å²) in [5.41, 5.74) is 3.14. The van der Waals surface area contributed by atoms with Crippen LogP contribution in [-0.2, 0) is 22.7 Å². The third-order valence-electron chi connectivity index (χ3n) is 6.44. The van der Waals surface area contributed by atoms with Gasteiger partial charge in [-0.3, -0.25) is 4.79 Å². The summed E-state index contributed by atoms with van der Waals surface area (Å²) in [6, 6.07) is 20.2. The van der Waals surface area contributed by atoms with E-state index in [0.717, 1.165) is 61.2 Å². The smallest absolute Gasteiger partial charge is 0.309 e. The third-order valence-corrected chi connectivity index (χ3v) is 6.44. The molecule has 0 amide bonds. The van der Waals surface area contributed by atoms with Crippen LogP contribution in [0, 0.1) is 17.8 Å². The monoisotopic (exact) mass is 440 g/mol. The van der Waals surface area contributed by atoms with E-state index in [1.807, 2.05) is 55.5 Å². The van der Waals surface area contributed by atoms with Crippen LogP contribution < -0.4 is 0 Å². The Balaban J connectivity index is 1.46. The van der Waals surface area contributed by atoms with Gasteiger partial charge < -0.3 is 9.30 Å². The van der Waals surface area contributed by atoms with Gasteiger partial charge in [-0.25, -0.2) is 4.98 Å². The summed E-state index contributed by atoms with van der Waals surface area (Å²) in [6.45, 7) is 2.86. The molecule has 4 heteroatoms. The summed E-state index contributed by atoms with van der Waals surface area (Å²) < 4.78 is 7.87. The van der Waals surface area contributed by atoms with E-state index in [9.17, 15) is 4.79 Å². The van der Waals surface area contributed by atoms with Gasteiger partial charge in [-0.05, 0) is 38.2 Å². The average Bonchev–Trinajstić information content (AvgIpc) is 3.26. The highest BCUT2D eigenvalue weighted by atomic mass is 16.5. The number of aromatic nitrogens is 2. The highest BCUT2D eigenvalue weighted by molar-refractivity contribution is 5.72. The minimum Gasteiger partial charge on any atom is -0.461 e. The van der Waals surface area contributed by atoms with Gasteiger partial charge >= 0.3 is 5.97 Å². The van der Waals surface area contributed by atoms with Crippen LogP contribution in [0.4, 0.5) is 0 Å². The standard InChI is InChI=1S/C29H32N2O2/c1-2-3-20-31-21-27(24-14-8-5-9-15-24)30-28(31)25-16-10-11-17-26(19-18-25)29(32)33-22-23-12-6-4-7-13-23/h4-9,12-15,21,25-26H,10-11,16-20,22H2,1H3. The number of benzene rings is 2. The second kappa shape index (κ2) is 11.5. The molecule has 0 N–H and O–H groups in total. The molecule has 0 radical (unpaired) electrons. The molecule has 33 heavy (non-hydrogen) atoms. The van der Waals surface area contributed by atoms with Crippen molar-refractivity contribution in [3.8, 4) is 23.1 Å². The number of nitrogens with zero attached hydrogens (tertiary/aromatic N) is 2. The van der Waals surface area contributed by atoms with Crippen LogP contribution in [0.3, 0.4) is 0 Å². The first-order chi connectivity index (χ1) is 16.2. The summed E-state index contributed by atoms with van der Waals surface area (Å²) in [5, 5.41) is 0. The molecule has 1 aromatic heterocycles. The third kappa shape index (κ3) is 6.14. The van der Waals surface area contributed by atoms with Crippen molar-refractivity contribution in [3.63, 3.8) is 0 Å². The van der Waals surface area contributed by atoms with Gasteiger partial charge in [0.25, 0.3) is 0 Å². The highest BCUT2D eigenvalue weighted by Gasteiger charge is 2.27. The summed E-state index contributed by atoms with van der Waals surface area (Å²) in [7, 11) is 0. The van der Waals surface area contributed by atoms with Crippen LogP contribution in [0.2, 0.25) is 0 Å². The molecule has 2 atom stereocenters. The Morgan fingerprint density at radius 1 is 1.00 bits per heavy atom. The van der Waals surface area contributed by atoms with Gasteiger partial charge in [-0.1, -0.05) is 79.4 Å². The van der Waals surface area contributed by atoms with Crippen molar-refractivity contribution in [2.24, 2.45) is 5.92 Å². The molecule has 1 aliphatic carbocycles. The molecule has 0 spiro atoms. The van der Waals surface area contributed by atoms with Crippen molar-refractivity contribution in [2.75, 3.05) is 0 Å². The van der Waals surface area contributed by atoms with Crippen LogP contribution >= 0.6 is 0 Å². The zero-order valence-corrected chi connectivity index (χ0v) is 19.4. The largest absolute Gasteiger partial charge is 0.461 e. The molecule has 1 saturated carbocycles. The summed E-state index contributed by atoms with van der Waals surface area (Å²) in [4.78, 5) is 17.9. The molecule has 4 rings (SSSR count). The van der Waals surface area contributed by atoms with Gasteiger partial charge in [-0.2, -0.15) is 0 Å². The van der Waals surface area contributed by atoms with E-state index < -0.39 is 0 Å². The molecule has 0 saturated heterocycles. The van der Waals surface area contributed by atoms with Gasteiger partial charge in [-0.15, -0.1) is 5.92 Å². The molecule has 4 nitrogen and oxygen atoms in total. The van der Waals surface area contributed by atoms with Gasteiger partial charge in [0.2, 0.25) is 0 Å². The second-order valence-corrected chi connectivity index (χ2v) is 8.75. The Labute approximate surface area is 197 Å². The summed E-state index contributed by atoms with van der Waals surface area (Å²) >= 11 is 0. The molecule has 2 aromatic carbocycles. The number of imidazole rings is 1. The van der Waals surface area contributed by atoms with Gasteiger partial charge in [0.05, 0.1) is 18.2 Å². The Morgan fingerprint density at radius 2 is 1.73 bits per heavy atom. The molecule has 2 unspecified atom stereocenters. The molecule has 1 aliphatic rings. The fourth-order valence-electron chi connectivity index (χ4n) is 4.61. The zero-order chi connectivity index (χ0) is 22.9. The lowest BCUT2D eigenvalue weighted by molar-refractivity contribution is -0.150. The topological polar surface area (TPSA) is 44.1 Å². The molecule has 1 heterocycles. The van der Waals surface area contributed by atoms with Gasteiger partial charge in [0.1, 0.15) is 12.4 Å². The van der Waals surface area contributed by atoms with Gasteiger partial charge in [0.15, 0.2) is 0 Å². The molecule has 1 fully saturated rings. The first-order valence-corrected chi connectivity index (χ1v) is 12.0. The van der Waals surface area contributed by atoms with Crippen molar-refractivity contribution in [1.29, 1.82) is 0 Å². The van der Waals surface area contributed by atoms with E-state index in [1.54, 1.807) is 0 Å². The van der Waals surface area contributed by atoms with E-state index >= 15 is 0 Å². The number of carbonyl (C=O) groups excluding carboxylic acids is 1. The Bertz CT molecular complexity index is 1090. The van der Waals surface area contributed by atoms with Gasteiger partial charge in [0, 0.05) is 17.7 Å². The van der Waals surface area contributed by atoms with E-state index in [-0.39, 0.29) is 11.9 Å². The number of esters is 1. The van der Waals surface area contributed by atoms with Crippen molar-refractivity contribution >= 4 is 5.97 Å². The van der Waals surface area contributed by atoms with Crippen LogP contribution in [0.15, 0.2) is 66.9 Å². The quantitative estimate of drug-likeness (QED) is 0.330. The molecular weight excluding hydrogens is 408 g/mol. The molecule has 170 valence electrons. The number of carbonyl (C=O) groups is 1. The lowest BCUT2D eigenvalue weighted by Crippen LogP contribution is -2.21. The lowest BCUT2D eigenvalue weighted by Gasteiger charge is -2.24. The van der Waals surface area contributed by atoms with Crippen molar-refractivity contribution in [2.45, 2.75) is 64.5 Å². The summed E-state index contributed by atoms with van der Waals surface area (Å²) in [5.74, 6) is 7.52. The van der Waals surface area contributed by atoms with E-state index in [0.29, 0.717) is 19.1 Å². The van der Waals surface area contributed by atoms with Crippen LogP contribution in [0.5, 0.6) is 0 Å². The van der Waals surface area contributed by atoms with E-state index in [1.165, 1.54) is 0 Å². The maximum atomic E-state index is 12.8. The number of ether oxygens (including phenoxy) is 1. The van der Waals surface area contributed by atoms with Crippen molar-refractivity contribution in [1.82, 2.24) is 9.55 Å². The predicted octanol–water partition coefficient (Wildman–Crippen LogP) is 6.37. The summed E-state index contributed by atoms with van der Waals surface area (Å²) in [6.07, 6.45) is 8.05. The normalized spacial score (nSPS) is 18.5. The minimum atomic E-state index is -0.0651. The number of rotatable bonds is 6. The maximum absolute atomic E-state index is 12.8. The molecule has 0 aliphatic heterocycles. The number of hydrogen-bond acceptors (Lipinski definition) is 3. The Hall–Kier alpha value is -3.32. The lowest BCUT2D eigenvalue weighted by atomic mass is 9.85. The highest BCUT2D eigenvalue weighted by Crippen LogP contribution is 2.34. The molecule has 3 aromatic rings. The van der Waals surface area contributed by atoms with Crippen molar-refractivity contribution < 1.29 is 9.53 Å². The van der Waals surface area contributed by atoms with Crippen LogP contribution in [0.1, 0.15) is 62.8 Å².